The molecule has 0 N–H and O–H groups in total. The van der Waals surface area contributed by atoms with E-state index in [-0.39, 0.29) is 0 Å². The van der Waals surface area contributed by atoms with Crippen molar-refractivity contribution >= 4 is 11.4 Å². The first-order chi connectivity index (χ1) is 9.84. The van der Waals surface area contributed by atoms with Crippen molar-refractivity contribution in [3.8, 4) is 11.3 Å². The molecule has 0 amide bonds. The van der Waals surface area contributed by atoms with Crippen molar-refractivity contribution in [3.05, 3.63) is 66.4 Å². The molecule has 0 aliphatic carbocycles. The van der Waals surface area contributed by atoms with Crippen LogP contribution in [0.15, 0.2) is 75.4 Å². The van der Waals surface area contributed by atoms with E-state index < -0.39 is 0 Å². The molecule has 0 spiro atoms. The molecule has 0 saturated carbocycles. The maximum atomic E-state index is 5.37. The van der Waals surface area contributed by atoms with Crippen molar-refractivity contribution < 1.29 is 4.52 Å². The van der Waals surface area contributed by atoms with Crippen LogP contribution in [0.1, 0.15) is 5.69 Å². The maximum absolute atomic E-state index is 5.37. The third-order valence-electron chi connectivity index (χ3n) is 2.89. The summed E-state index contributed by atoms with van der Waals surface area (Å²) < 4.78 is 5.37. The first-order valence-corrected chi connectivity index (χ1v) is 6.33. The second-order valence-electron chi connectivity index (χ2n) is 4.35. The zero-order chi connectivity index (χ0) is 13.8. The van der Waals surface area contributed by atoms with Gasteiger partial charge in [0.15, 0.2) is 11.4 Å². The highest BCUT2D eigenvalue weighted by molar-refractivity contribution is 5.71. The average molecular weight is 263 g/mol. The van der Waals surface area contributed by atoms with Gasteiger partial charge in [0.1, 0.15) is 5.69 Å². The molecule has 4 nitrogen and oxygen atoms in total. The van der Waals surface area contributed by atoms with E-state index in [1.807, 2.05) is 67.6 Å². The molecule has 0 saturated heterocycles. The van der Waals surface area contributed by atoms with E-state index in [1.54, 1.807) is 0 Å². The van der Waals surface area contributed by atoms with Gasteiger partial charge >= 0.3 is 0 Å². The number of hydrogen-bond donors (Lipinski definition) is 0. The third kappa shape index (κ3) is 2.49. The van der Waals surface area contributed by atoms with Crippen LogP contribution in [0.2, 0.25) is 0 Å². The summed E-state index contributed by atoms with van der Waals surface area (Å²) in [5.74, 6) is 0.641. The van der Waals surface area contributed by atoms with E-state index in [9.17, 15) is 0 Å². The lowest BCUT2D eigenvalue weighted by atomic mass is 10.1. The smallest absolute Gasteiger partial charge is 0.194 e. The summed E-state index contributed by atoms with van der Waals surface area (Å²) in [6.45, 7) is 1.86. The largest absolute Gasteiger partial charge is 0.354 e. The number of benzene rings is 2. The molecule has 3 aromatic rings. The van der Waals surface area contributed by atoms with Gasteiger partial charge in [0, 0.05) is 5.56 Å². The van der Waals surface area contributed by atoms with Gasteiger partial charge in [-0.1, -0.05) is 53.7 Å². The highest BCUT2D eigenvalue weighted by Gasteiger charge is 2.14. The van der Waals surface area contributed by atoms with Crippen LogP contribution in [0.25, 0.3) is 11.3 Å². The number of aromatic nitrogens is 1. The molecule has 2 aromatic carbocycles. The summed E-state index contributed by atoms with van der Waals surface area (Å²) in [5, 5.41) is 12.5. The number of azo groups is 1. The Labute approximate surface area is 116 Å². The van der Waals surface area contributed by atoms with Crippen LogP contribution in [0.4, 0.5) is 11.4 Å². The van der Waals surface area contributed by atoms with Crippen molar-refractivity contribution in [2.45, 2.75) is 6.92 Å². The van der Waals surface area contributed by atoms with E-state index in [4.69, 9.17) is 4.52 Å². The number of hydrogen-bond acceptors (Lipinski definition) is 4. The third-order valence-corrected chi connectivity index (χ3v) is 2.89. The minimum absolute atomic E-state index is 0.641. The molecule has 0 radical (unpaired) electrons. The minimum Gasteiger partial charge on any atom is -0.354 e. The normalized spacial score (nSPS) is 11.1. The summed E-state index contributed by atoms with van der Waals surface area (Å²) in [4.78, 5) is 0. The first kappa shape index (κ1) is 12.3. The van der Waals surface area contributed by atoms with E-state index in [1.165, 1.54) is 0 Å². The van der Waals surface area contributed by atoms with Gasteiger partial charge < -0.3 is 4.52 Å². The Morgan fingerprint density at radius 1 is 0.850 bits per heavy atom. The molecule has 0 fully saturated rings. The van der Waals surface area contributed by atoms with Crippen molar-refractivity contribution in [2.24, 2.45) is 10.2 Å². The lowest BCUT2D eigenvalue weighted by molar-refractivity contribution is 0.427. The Bertz CT molecular complexity index is 718. The zero-order valence-electron chi connectivity index (χ0n) is 11.0. The SMILES string of the molecule is Cc1noc(-c2ccccc2)c1N=Nc1ccccc1. The fourth-order valence-electron chi connectivity index (χ4n) is 1.86. The molecule has 98 valence electrons. The molecule has 0 bridgehead atoms. The van der Waals surface area contributed by atoms with Crippen LogP contribution in [0.5, 0.6) is 0 Å². The van der Waals surface area contributed by atoms with Gasteiger partial charge in [0.25, 0.3) is 0 Å². The summed E-state index contributed by atoms with van der Waals surface area (Å²) >= 11 is 0. The van der Waals surface area contributed by atoms with E-state index in [0.29, 0.717) is 11.4 Å². The Morgan fingerprint density at radius 3 is 2.20 bits per heavy atom. The number of aryl methyl sites for hydroxylation is 1. The molecule has 0 atom stereocenters. The summed E-state index contributed by atoms with van der Waals surface area (Å²) in [6.07, 6.45) is 0. The maximum Gasteiger partial charge on any atom is 0.194 e. The molecule has 0 aliphatic heterocycles. The summed E-state index contributed by atoms with van der Waals surface area (Å²) in [6, 6.07) is 19.4. The number of rotatable bonds is 3. The van der Waals surface area contributed by atoms with Gasteiger partial charge in [0.2, 0.25) is 0 Å². The van der Waals surface area contributed by atoms with Crippen LogP contribution in [0.3, 0.4) is 0 Å². The Morgan fingerprint density at radius 2 is 1.50 bits per heavy atom. The molecule has 1 aromatic heterocycles. The molecule has 3 rings (SSSR count). The molecular formula is C16H13N3O. The lowest BCUT2D eigenvalue weighted by Crippen LogP contribution is -1.74. The fourth-order valence-corrected chi connectivity index (χ4v) is 1.86. The van der Waals surface area contributed by atoms with Crippen LogP contribution in [0, 0.1) is 6.92 Å². The van der Waals surface area contributed by atoms with Gasteiger partial charge in [-0.15, -0.1) is 5.11 Å². The van der Waals surface area contributed by atoms with Gasteiger partial charge in [-0.3, -0.25) is 0 Å². The van der Waals surface area contributed by atoms with E-state index >= 15 is 0 Å². The van der Waals surface area contributed by atoms with Crippen molar-refractivity contribution in [2.75, 3.05) is 0 Å². The molecule has 4 heteroatoms. The second-order valence-corrected chi connectivity index (χ2v) is 4.35. The fraction of sp³-hybridized carbons (Fsp3) is 0.0625. The Balaban J connectivity index is 1.98. The van der Waals surface area contributed by atoms with E-state index in [0.717, 1.165) is 16.9 Å². The topological polar surface area (TPSA) is 50.8 Å². The Kier molecular flexibility index (Phi) is 3.37. The Hall–Kier alpha value is -2.75. The standard InChI is InChI=1S/C16H13N3O/c1-12-15(18-17-14-10-6-3-7-11-14)16(20-19-12)13-8-4-2-5-9-13/h2-11H,1H3. The minimum atomic E-state index is 0.641. The lowest BCUT2D eigenvalue weighted by Gasteiger charge is -1.96. The monoisotopic (exact) mass is 263 g/mol. The van der Waals surface area contributed by atoms with Crippen LogP contribution < -0.4 is 0 Å². The summed E-state index contributed by atoms with van der Waals surface area (Å²) in [5.41, 5.74) is 3.13. The molecular weight excluding hydrogens is 250 g/mol. The summed E-state index contributed by atoms with van der Waals surface area (Å²) in [7, 11) is 0. The van der Waals surface area contributed by atoms with Crippen molar-refractivity contribution in [1.29, 1.82) is 0 Å². The quantitative estimate of drug-likeness (QED) is 0.620. The van der Waals surface area contributed by atoms with Crippen LogP contribution in [-0.2, 0) is 0 Å². The van der Waals surface area contributed by atoms with Gasteiger partial charge in [0.05, 0.1) is 5.69 Å². The van der Waals surface area contributed by atoms with Crippen LogP contribution in [-0.4, -0.2) is 5.16 Å². The average Bonchev–Trinajstić information content (AvgIpc) is 2.88. The van der Waals surface area contributed by atoms with Gasteiger partial charge in [-0.2, -0.15) is 5.11 Å². The highest BCUT2D eigenvalue weighted by atomic mass is 16.5. The van der Waals surface area contributed by atoms with Crippen molar-refractivity contribution in [3.63, 3.8) is 0 Å². The van der Waals surface area contributed by atoms with Gasteiger partial charge in [-0.25, -0.2) is 0 Å². The molecule has 0 aliphatic rings. The van der Waals surface area contributed by atoms with Gasteiger partial charge in [-0.05, 0) is 19.1 Å². The second kappa shape index (κ2) is 5.48. The molecule has 0 unspecified atom stereocenters. The van der Waals surface area contributed by atoms with E-state index in [2.05, 4.69) is 15.4 Å². The first-order valence-electron chi connectivity index (χ1n) is 6.33. The predicted octanol–water partition coefficient (Wildman–Crippen LogP) is 5.07. The predicted molar refractivity (Wildman–Crippen MR) is 77.3 cm³/mol. The zero-order valence-corrected chi connectivity index (χ0v) is 11.0. The van der Waals surface area contributed by atoms with Crippen LogP contribution >= 0.6 is 0 Å². The number of nitrogens with zero attached hydrogens (tertiary/aromatic N) is 3. The molecule has 20 heavy (non-hydrogen) atoms. The molecule has 1 heterocycles. The highest BCUT2D eigenvalue weighted by Crippen LogP contribution is 2.34. The van der Waals surface area contributed by atoms with Crippen molar-refractivity contribution in [1.82, 2.24) is 5.16 Å².